The Morgan fingerprint density at radius 1 is 1.35 bits per heavy atom. The summed E-state index contributed by atoms with van der Waals surface area (Å²) in [5.74, 6) is 0.915. The van der Waals surface area contributed by atoms with Crippen molar-refractivity contribution in [2.45, 2.75) is 45.2 Å². The molecule has 17 heavy (non-hydrogen) atoms. The lowest BCUT2D eigenvalue weighted by Gasteiger charge is -2.29. The van der Waals surface area contributed by atoms with E-state index in [2.05, 4.69) is 12.2 Å². The molecule has 2 rings (SSSR count). The predicted octanol–water partition coefficient (Wildman–Crippen LogP) is 3.71. The molecule has 1 saturated carbocycles. The maximum absolute atomic E-state index is 9.35. The van der Waals surface area contributed by atoms with E-state index in [1.54, 1.807) is 6.07 Å². The molecule has 0 aromatic heterocycles. The molecule has 0 saturated heterocycles. The van der Waals surface area contributed by atoms with Crippen LogP contribution >= 0.6 is 11.6 Å². The van der Waals surface area contributed by atoms with E-state index in [0.717, 1.165) is 18.0 Å². The number of phenols is 1. The SMILES string of the molecule is CC1CCCCC1NCc1ccc(O)c(Cl)c1. The third-order valence-electron chi connectivity index (χ3n) is 3.69. The van der Waals surface area contributed by atoms with Gasteiger partial charge in [-0.15, -0.1) is 0 Å². The molecule has 2 nitrogen and oxygen atoms in total. The van der Waals surface area contributed by atoms with E-state index in [0.29, 0.717) is 11.1 Å². The van der Waals surface area contributed by atoms with Crippen molar-refractivity contribution in [2.75, 3.05) is 0 Å². The molecule has 0 radical (unpaired) electrons. The van der Waals surface area contributed by atoms with Gasteiger partial charge < -0.3 is 10.4 Å². The summed E-state index contributed by atoms with van der Waals surface area (Å²) in [7, 11) is 0. The summed E-state index contributed by atoms with van der Waals surface area (Å²) in [5, 5.41) is 13.4. The monoisotopic (exact) mass is 253 g/mol. The summed E-state index contributed by atoms with van der Waals surface area (Å²) >= 11 is 5.89. The highest BCUT2D eigenvalue weighted by Gasteiger charge is 2.20. The Kier molecular flexibility index (Phi) is 4.30. The molecule has 1 fully saturated rings. The Bertz CT molecular complexity index is 380. The smallest absolute Gasteiger partial charge is 0.134 e. The van der Waals surface area contributed by atoms with Gasteiger partial charge in [0.25, 0.3) is 0 Å². The molecule has 94 valence electrons. The first kappa shape index (κ1) is 12.7. The summed E-state index contributed by atoms with van der Waals surface area (Å²) in [6, 6.07) is 6.03. The van der Waals surface area contributed by atoms with Crippen molar-refractivity contribution in [1.29, 1.82) is 0 Å². The highest BCUT2D eigenvalue weighted by molar-refractivity contribution is 6.32. The minimum atomic E-state index is 0.154. The number of halogens is 1. The fraction of sp³-hybridized carbons (Fsp3) is 0.571. The lowest BCUT2D eigenvalue weighted by atomic mass is 9.86. The molecule has 1 aliphatic rings. The van der Waals surface area contributed by atoms with Gasteiger partial charge in [-0.3, -0.25) is 0 Å². The summed E-state index contributed by atoms with van der Waals surface area (Å²) in [5.41, 5.74) is 1.13. The molecule has 0 spiro atoms. The van der Waals surface area contributed by atoms with Gasteiger partial charge in [0, 0.05) is 12.6 Å². The number of hydrogen-bond acceptors (Lipinski definition) is 2. The quantitative estimate of drug-likeness (QED) is 0.861. The van der Waals surface area contributed by atoms with Gasteiger partial charge in [0.15, 0.2) is 0 Å². The summed E-state index contributed by atoms with van der Waals surface area (Å²) in [6.45, 7) is 3.15. The second kappa shape index (κ2) is 5.74. The van der Waals surface area contributed by atoms with Crippen LogP contribution in [0.15, 0.2) is 18.2 Å². The van der Waals surface area contributed by atoms with Crippen molar-refractivity contribution in [3.63, 3.8) is 0 Å². The van der Waals surface area contributed by atoms with Crippen LogP contribution in [0.4, 0.5) is 0 Å². The van der Waals surface area contributed by atoms with Crippen LogP contribution in [0.3, 0.4) is 0 Å². The Morgan fingerprint density at radius 2 is 2.12 bits per heavy atom. The first-order chi connectivity index (χ1) is 8.16. The van der Waals surface area contributed by atoms with Crippen LogP contribution in [0.2, 0.25) is 5.02 Å². The number of hydrogen-bond donors (Lipinski definition) is 2. The van der Waals surface area contributed by atoms with Gasteiger partial charge in [-0.1, -0.05) is 37.4 Å². The van der Waals surface area contributed by atoms with Crippen LogP contribution in [-0.2, 0) is 6.54 Å². The van der Waals surface area contributed by atoms with Crippen molar-refractivity contribution in [2.24, 2.45) is 5.92 Å². The van der Waals surface area contributed by atoms with Gasteiger partial charge in [-0.2, -0.15) is 0 Å². The van der Waals surface area contributed by atoms with Gasteiger partial charge in [0.1, 0.15) is 5.75 Å². The molecule has 2 N–H and O–H groups in total. The van der Waals surface area contributed by atoms with E-state index in [9.17, 15) is 5.11 Å². The van der Waals surface area contributed by atoms with Crippen molar-refractivity contribution >= 4 is 11.6 Å². The molecule has 0 aliphatic heterocycles. The van der Waals surface area contributed by atoms with Crippen LogP contribution in [0.1, 0.15) is 38.2 Å². The fourth-order valence-corrected chi connectivity index (χ4v) is 2.73. The standard InChI is InChI=1S/C14H20ClNO/c1-10-4-2-3-5-13(10)16-9-11-6-7-14(17)12(15)8-11/h6-8,10,13,16-17H,2-5,9H2,1H3. The van der Waals surface area contributed by atoms with E-state index in [4.69, 9.17) is 11.6 Å². The zero-order valence-electron chi connectivity index (χ0n) is 10.2. The molecule has 0 heterocycles. The Labute approximate surface area is 108 Å². The second-order valence-corrected chi connectivity index (χ2v) is 5.44. The van der Waals surface area contributed by atoms with E-state index in [-0.39, 0.29) is 5.75 Å². The molecule has 1 aromatic carbocycles. The first-order valence-corrected chi connectivity index (χ1v) is 6.75. The minimum absolute atomic E-state index is 0.154. The normalized spacial score (nSPS) is 24.8. The van der Waals surface area contributed by atoms with Crippen LogP contribution in [-0.4, -0.2) is 11.1 Å². The highest BCUT2D eigenvalue weighted by Crippen LogP contribution is 2.26. The largest absolute Gasteiger partial charge is 0.506 e. The molecule has 3 heteroatoms. The highest BCUT2D eigenvalue weighted by atomic mass is 35.5. The molecule has 2 unspecified atom stereocenters. The van der Waals surface area contributed by atoms with E-state index < -0.39 is 0 Å². The Morgan fingerprint density at radius 3 is 2.82 bits per heavy atom. The summed E-state index contributed by atoms with van der Waals surface area (Å²) < 4.78 is 0. The lowest BCUT2D eigenvalue weighted by molar-refractivity contribution is 0.279. The molecular formula is C14H20ClNO. The maximum Gasteiger partial charge on any atom is 0.134 e. The van der Waals surface area contributed by atoms with E-state index in [1.165, 1.54) is 25.7 Å². The third-order valence-corrected chi connectivity index (χ3v) is 3.99. The molecule has 0 bridgehead atoms. The number of benzene rings is 1. The topological polar surface area (TPSA) is 32.3 Å². The van der Waals surface area contributed by atoms with Gasteiger partial charge >= 0.3 is 0 Å². The zero-order chi connectivity index (χ0) is 12.3. The van der Waals surface area contributed by atoms with E-state index in [1.807, 2.05) is 12.1 Å². The predicted molar refractivity (Wildman–Crippen MR) is 71.4 cm³/mol. The number of phenolic OH excluding ortho intramolecular Hbond substituents is 1. The van der Waals surface area contributed by atoms with Crippen LogP contribution in [0, 0.1) is 5.92 Å². The minimum Gasteiger partial charge on any atom is -0.506 e. The Balaban J connectivity index is 1.90. The van der Waals surface area contributed by atoms with Gasteiger partial charge in [-0.05, 0) is 36.5 Å². The second-order valence-electron chi connectivity index (χ2n) is 5.03. The fourth-order valence-electron chi connectivity index (χ4n) is 2.53. The molecule has 0 amide bonds. The van der Waals surface area contributed by atoms with Gasteiger partial charge in [-0.25, -0.2) is 0 Å². The molecular weight excluding hydrogens is 234 g/mol. The van der Waals surface area contributed by atoms with Crippen molar-refractivity contribution in [3.8, 4) is 5.75 Å². The van der Waals surface area contributed by atoms with Crippen molar-refractivity contribution < 1.29 is 5.11 Å². The Hall–Kier alpha value is -0.730. The average molecular weight is 254 g/mol. The maximum atomic E-state index is 9.35. The number of nitrogens with one attached hydrogen (secondary N) is 1. The van der Waals surface area contributed by atoms with Gasteiger partial charge in [0.05, 0.1) is 5.02 Å². The third kappa shape index (κ3) is 3.36. The van der Waals surface area contributed by atoms with Crippen LogP contribution < -0.4 is 5.32 Å². The van der Waals surface area contributed by atoms with Crippen LogP contribution in [0.25, 0.3) is 0 Å². The van der Waals surface area contributed by atoms with E-state index >= 15 is 0 Å². The zero-order valence-corrected chi connectivity index (χ0v) is 11.0. The number of rotatable bonds is 3. The van der Waals surface area contributed by atoms with Crippen molar-refractivity contribution in [1.82, 2.24) is 5.32 Å². The van der Waals surface area contributed by atoms with Crippen molar-refractivity contribution in [3.05, 3.63) is 28.8 Å². The summed E-state index contributed by atoms with van der Waals surface area (Å²) in [4.78, 5) is 0. The van der Waals surface area contributed by atoms with Crippen LogP contribution in [0.5, 0.6) is 5.75 Å². The lowest BCUT2D eigenvalue weighted by Crippen LogP contribution is -2.36. The summed E-state index contributed by atoms with van der Waals surface area (Å²) in [6.07, 6.45) is 5.30. The first-order valence-electron chi connectivity index (χ1n) is 6.37. The molecule has 1 aromatic rings. The molecule has 1 aliphatic carbocycles. The number of aromatic hydroxyl groups is 1. The molecule has 2 atom stereocenters. The average Bonchev–Trinajstić information content (AvgIpc) is 2.32. The van der Waals surface area contributed by atoms with Gasteiger partial charge in [0.2, 0.25) is 0 Å².